The highest BCUT2D eigenvalue weighted by Crippen LogP contribution is 2.24. The summed E-state index contributed by atoms with van der Waals surface area (Å²) in [5.74, 6) is -0.112. The molecule has 0 fully saturated rings. The average Bonchev–Trinajstić information content (AvgIpc) is 2.90. The molecular formula is C14H14Br2N2OS. The summed E-state index contributed by atoms with van der Waals surface area (Å²) in [5.41, 5.74) is 0.610. The number of nitrogens with zero attached hydrogens (tertiary/aromatic N) is 1. The standard InChI is InChI=1S/C14H14Br2N2OS/c1-3-10-7-17-14(20-10)8(2)18-13(19)11-6-9(15)4-5-12(11)16/h4-8H,3H2,1-2H3,(H,18,19). The predicted octanol–water partition coefficient (Wildman–Crippen LogP) is 4.72. The maximum atomic E-state index is 12.3. The van der Waals surface area contributed by atoms with E-state index in [1.54, 1.807) is 17.4 Å². The topological polar surface area (TPSA) is 42.0 Å². The largest absolute Gasteiger partial charge is 0.343 e. The number of rotatable bonds is 4. The van der Waals surface area contributed by atoms with Gasteiger partial charge >= 0.3 is 0 Å². The molecule has 0 bridgehead atoms. The molecule has 2 aromatic rings. The number of hydrogen-bond acceptors (Lipinski definition) is 3. The molecule has 1 heterocycles. The van der Waals surface area contributed by atoms with E-state index in [0.29, 0.717) is 5.56 Å². The zero-order chi connectivity index (χ0) is 14.7. The fourth-order valence-electron chi connectivity index (χ4n) is 1.69. The van der Waals surface area contributed by atoms with Crippen molar-refractivity contribution in [2.45, 2.75) is 26.3 Å². The van der Waals surface area contributed by atoms with Gasteiger partial charge in [-0.2, -0.15) is 0 Å². The van der Waals surface area contributed by atoms with Crippen LogP contribution in [0.25, 0.3) is 0 Å². The van der Waals surface area contributed by atoms with E-state index < -0.39 is 0 Å². The summed E-state index contributed by atoms with van der Waals surface area (Å²) in [6, 6.07) is 5.44. The smallest absolute Gasteiger partial charge is 0.253 e. The summed E-state index contributed by atoms with van der Waals surface area (Å²) in [6.07, 6.45) is 2.84. The molecule has 1 aromatic carbocycles. The molecule has 0 spiro atoms. The molecule has 0 saturated carbocycles. The van der Waals surface area contributed by atoms with Crippen LogP contribution in [0.2, 0.25) is 0 Å². The minimum Gasteiger partial charge on any atom is -0.343 e. The molecule has 1 unspecified atom stereocenters. The van der Waals surface area contributed by atoms with Crippen LogP contribution in [0.1, 0.15) is 40.1 Å². The van der Waals surface area contributed by atoms with Gasteiger partial charge in [-0.15, -0.1) is 11.3 Å². The van der Waals surface area contributed by atoms with Crippen LogP contribution < -0.4 is 5.32 Å². The second-order valence-electron chi connectivity index (χ2n) is 4.34. The van der Waals surface area contributed by atoms with Crippen molar-refractivity contribution in [2.24, 2.45) is 0 Å². The lowest BCUT2D eigenvalue weighted by Gasteiger charge is -2.12. The molecule has 106 valence electrons. The van der Waals surface area contributed by atoms with Crippen molar-refractivity contribution in [3.8, 4) is 0 Å². The number of thiazole rings is 1. The van der Waals surface area contributed by atoms with E-state index in [0.717, 1.165) is 20.4 Å². The Morgan fingerprint density at radius 1 is 1.45 bits per heavy atom. The Kier molecular flexibility index (Phi) is 5.35. The van der Waals surface area contributed by atoms with Gasteiger partial charge in [-0.1, -0.05) is 22.9 Å². The van der Waals surface area contributed by atoms with Gasteiger partial charge in [0, 0.05) is 20.0 Å². The van der Waals surface area contributed by atoms with Crippen molar-refractivity contribution in [3.63, 3.8) is 0 Å². The molecule has 2 rings (SSSR count). The van der Waals surface area contributed by atoms with E-state index in [1.807, 2.05) is 25.3 Å². The molecule has 3 nitrogen and oxygen atoms in total. The van der Waals surface area contributed by atoms with Crippen molar-refractivity contribution < 1.29 is 4.79 Å². The highest BCUT2D eigenvalue weighted by atomic mass is 79.9. The summed E-state index contributed by atoms with van der Waals surface area (Å²) in [5, 5.41) is 3.91. The van der Waals surface area contributed by atoms with Crippen molar-refractivity contribution in [2.75, 3.05) is 0 Å². The number of halogens is 2. The molecule has 1 amide bonds. The molecule has 1 N–H and O–H groups in total. The Labute approximate surface area is 139 Å². The van der Waals surface area contributed by atoms with Crippen molar-refractivity contribution in [1.82, 2.24) is 10.3 Å². The number of benzene rings is 1. The number of aromatic nitrogens is 1. The van der Waals surface area contributed by atoms with Gasteiger partial charge in [0.2, 0.25) is 0 Å². The fraction of sp³-hybridized carbons (Fsp3) is 0.286. The van der Waals surface area contributed by atoms with Crippen LogP contribution >= 0.6 is 43.2 Å². The van der Waals surface area contributed by atoms with Gasteiger partial charge in [0.1, 0.15) is 5.01 Å². The number of hydrogen-bond donors (Lipinski definition) is 1. The average molecular weight is 418 g/mol. The highest BCUT2D eigenvalue weighted by molar-refractivity contribution is 9.11. The first kappa shape index (κ1) is 15.7. The third-order valence-electron chi connectivity index (χ3n) is 2.81. The molecule has 0 saturated heterocycles. The van der Waals surface area contributed by atoms with Crippen molar-refractivity contribution in [1.29, 1.82) is 0 Å². The van der Waals surface area contributed by atoms with E-state index in [9.17, 15) is 4.79 Å². The van der Waals surface area contributed by atoms with Gasteiger partial charge in [0.05, 0.1) is 11.6 Å². The Morgan fingerprint density at radius 3 is 2.85 bits per heavy atom. The Balaban J connectivity index is 2.12. The zero-order valence-corrected chi connectivity index (χ0v) is 15.1. The Bertz CT molecular complexity index is 627. The molecule has 0 aliphatic rings. The van der Waals surface area contributed by atoms with Crippen LogP contribution in [0.3, 0.4) is 0 Å². The SMILES string of the molecule is CCc1cnc(C(C)NC(=O)c2cc(Br)ccc2Br)s1. The first-order valence-corrected chi connectivity index (χ1v) is 8.62. The van der Waals surface area contributed by atoms with Gasteiger partial charge < -0.3 is 5.32 Å². The Morgan fingerprint density at radius 2 is 2.20 bits per heavy atom. The molecular weight excluding hydrogens is 404 g/mol. The summed E-state index contributed by atoms with van der Waals surface area (Å²) in [4.78, 5) is 17.9. The van der Waals surface area contributed by atoms with Crippen LogP contribution in [0, 0.1) is 0 Å². The normalized spacial score (nSPS) is 12.2. The summed E-state index contributed by atoms with van der Waals surface area (Å²) >= 11 is 8.41. The lowest BCUT2D eigenvalue weighted by molar-refractivity contribution is 0.0939. The first-order chi connectivity index (χ1) is 9.51. The Hall–Kier alpha value is -0.720. The first-order valence-electron chi connectivity index (χ1n) is 6.21. The highest BCUT2D eigenvalue weighted by Gasteiger charge is 2.16. The van der Waals surface area contributed by atoms with Crippen molar-refractivity contribution >= 4 is 49.1 Å². The molecule has 20 heavy (non-hydrogen) atoms. The van der Waals surface area contributed by atoms with Gasteiger partial charge in [0.25, 0.3) is 5.91 Å². The quantitative estimate of drug-likeness (QED) is 0.781. The number of carbonyl (C=O) groups is 1. The number of nitrogens with one attached hydrogen (secondary N) is 1. The summed E-state index contributed by atoms with van der Waals surface area (Å²) < 4.78 is 1.65. The second-order valence-corrected chi connectivity index (χ2v) is 7.25. The minimum absolute atomic E-state index is 0.0984. The molecule has 6 heteroatoms. The summed E-state index contributed by atoms with van der Waals surface area (Å²) in [6.45, 7) is 4.04. The van der Waals surface area contributed by atoms with Crippen LogP contribution in [-0.4, -0.2) is 10.9 Å². The predicted molar refractivity (Wildman–Crippen MR) is 89.2 cm³/mol. The van der Waals surface area contributed by atoms with Crippen LogP contribution in [0.15, 0.2) is 33.3 Å². The van der Waals surface area contributed by atoms with E-state index in [1.165, 1.54) is 4.88 Å². The van der Waals surface area contributed by atoms with Crippen LogP contribution in [0.5, 0.6) is 0 Å². The molecule has 0 aliphatic heterocycles. The maximum Gasteiger partial charge on any atom is 0.253 e. The van der Waals surface area contributed by atoms with E-state index >= 15 is 0 Å². The molecule has 1 aromatic heterocycles. The third kappa shape index (κ3) is 3.68. The van der Waals surface area contributed by atoms with Gasteiger partial charge in [-0.3, -0.25) is 4.79 Å². The second kappa shape index (κ2) is 6.83. The molecule has 1 atom stereocenters. The maximum absolute atomic E-state index is 12.3. The number of amides is 1. The number of carbonyl (C=O) groups excluding carboxylic acids is 1. The summed E-state index contributed by atoms with van der Waals surface area (Å²) in [7, 11) is 0. The van der Waals surface area contributed by atoms with E-state index in [2.05, 4.69) is 49.1 Å². The van der Waals surface area contributed by atoms with Gasteiger partial charge in [-0.05, 0) is 47.5 Å². The monoisotopic (exact) mass is 416 g/mol. The molecule has 0 aliphatic carbocycles. The van der Waals surface area contributed by atoms with Crippen LogP contribution in [-0.2, 0) is 6.42 Å². The van der Waals surface area contributed by atoms with E-state index in [-0.39, 0.29) is 11.9 Å². The number of aryl methyl sites for hydroxylation is 1. The van der Waals surface area contributed by atoms with Gasteiger partial charge in [-0.25, -0.2) is 4.98 Å². The minimum atomic E-state index is -0.112. The fourth-order valence-corrected chi connectivity index (χ4v) is 3.34. The van der Waals surface area contributed by atoms with E-state index in [4.69, 9.17) is 0 Å². The third-order valence-corrected chi connectivity index (χ3v) is 5.32. The lowest BCUT2D eigenvalue weighted by atomic mass is 10.2. The lowest BCUT2D eigenvalue weighted by Crippen LogP contribution is -2.26. The molecule has 0 radical (unpaired) electrons. The van der Waals surface area contributed by atoms with Crippen LogP contribution in [0.4, 0.5) is 0 Å². The van der Waals surface area contributed by atoms with Crippen molar-refractivity contribution in [3.05, 3.63) is 48.8 Å². The zero-order valence-electron chi connectivity index (χ0n) is 11.1. The van der Waals surface area contributed by atoms with Gasteiger partial charge in [0.15, 0.2) is 0 Å².